The molecule has 0 radical (unpaired) electrons. The molecule has 1 heterocycles. The minimum absolute atomic E-state index is 0.0877. The Kier molecular flexibility index (Phi) is 6.39. The van der Waals surface area contributed by atoms with Crippen molar-refractivity contribution in [2.24, 2.45) is 0 Å². The normalized spacial score (nSPS) is 11.6. The summed E-state index contributed by atoms with van der Waals surface area (Å²) in [4.78, 5) is 12.0. The molecule has 0 aliphatic heterocycles. The molecule has 19 heavy (non-hydrogen) atoms. The molecule has 6 heteroatoms. The summed E-state index contributed by atoms with van der Waals surface area (Å²) in [7, 11) is 0. The summed E-state index contributed by atoms with van der Waals surface area (Å²) in [5.74, 6) is 0. The van der Waals surface area contributed by atoms with E-state index in [2.05, 4.69) is 46.4 Å². The Morgan fingerprint density at radius 3 is 2.53 bits per heavy atom. The van der Waals surface area contributed by atoms with Gasteiger partial charge in [-0.25, -0.2) is 4.68 Å². The fourth-order valence-corrected chi connectivity index (χ4v) is 3.17. The van der Waals surface area contributed by atoms with Gasteiger partial charge in [0, 0.05) is 17.8 Å². The number of rotatable bonds is 7. The van der Waals surface area contributed by atoms with Crippen LogP contribution < -0.4 is 10.9 Å². The monoisotopic (exact) mass is 347 g/mol. The van der Waals surface area contributed by atoms with Gasteiger partial charge in [-0.3, -0.25) is 4.79 Å². The van der Waals surface area contributed by atoms with Crippen LogP contribution >= 0.6 is 27.7 Å². The summed E-state index contributed by atoms with van der Waals surface area (Å²) in [6.45, 7) is 7.71. The second kappa shape index (κ2) is 7.33. The molecule has 0 aromatic carbocycles. The molecule has 0 saturated carbocycles. The summed E-state index contributed by atoms with van der Waals surface area (Å²) in [6.07, 6.45) is 6.03. The van der Waals surface area contributed by atoms with E-state index in [4.69, 9.17) is 0 Å². The third-order valence-electron chi connectivity index (χ3n) is 3.61. The van der Waals surface area contributed by atoms with Gasteiger partial charge in [0.2, 0.25) is 0 Å². The number of aryl methyl sites for hydroxylation is 1. The van der Waals surface area contributed by atoms with Crippen molar-refractivity contribution in [1.29, 1.82) is 0 Å². The molecular formula is C13H22BrN3OS. The van der Waals surface area contributed by atoms with Crippen molar-refractivity contribution < 1.29 is 0 Å². The summed E-state index contributed by atoms with van der Waals surface area (Å²) >= 11 is 5.24. The molecule has 1 N–H and O–H groups in total. The van der Waals surface area contributed by atoms with Crippen molar-refractivity contribution in [3.63, 3.8) is 0 Å². The molecule has 0 aliphatic carbocycles. The number of nitrogens with one attached hydrogen (secondary N) is 1. The fraction of sp³-hybridized carbons (Fsp3) is 0.692. The van der Waals surface area contributed by atoms with Crippen LogP contribution in [0, 0.1) is 0 Å². The molecule has 1 rings (SSSR count). The summed E-state index contributed by atoms with van der Waals surface area (Å²) in [6, 6.07) is 0. The van der Waals surface area contributed by atoms with Crippen molar-refractivity contribution in [3.8, 4) is 0 Å². The maximum Gasteiger partial charge on any atom is 0.283 e. The first-order chi connectivity index (χ1) is 9.03. The van der Waals surface area contributed by atoms with E-state index in [1.807, 2.05) is 18.7 Å². The van der Waals surface area contributed by atoms with E-state index in [-0.39, 0.29) is 10.3 Å². The summed E-state index contributed by atoms with van der Waals surface area (Å²) < 4.78 is 2.21. The van der Waals surface area contributed by atoms with Crippen LogP contribution in [-0.4, -0.2) is 27.3 Å². The molecule has 0 fully saturated rings. The van der Waals surface area contributed by atoms with Crippen LogP contribution in [0.3, 0.4) is 0 Å². The standard InChI is InChI=1S/C13H22BrN3OS/c1-5-13(6-2,19-4)9-15-10-8-16-17(7-3)12(18)11(10)14/h8,15H,5-7,9H2,1-4H3. The van der Waals surface area contributed by atoms with Gasteiger partial charge in [-0.15, -0.1) is 0 Å². The molecule has 108 valence electrons. The average Bonchev–Trinajstić information content (AvgIpc) is 2.45. The quantitative estimate of drug-likeness (QED) is 0.821. The molecule has 0 atom stereocenters. The lowest BCUT2D eigenvalue weighted by Crippen LogP contribution is -2.33. The SMILES string of the molecule is CCn1ncc(NCC(CC)(CC)SC)c(Br)c1=O. The number of aromatic nitrogens is 2. The van der Waals surface area contributed by atoms with Crippen molar-refractivity contribution in [3.05, 3.63) is 21.0 Å². The number of hydrogen-bond acceptors (Lipinski definition) is 4. The fourth-order valence-electron chi connectivity index (χ4n) is 1.93. The maximum atomic E-state index is 12.0. The number of halogens is 1. The molecule has 0 spiro atoms. The lowest BCUT2D eigenvalue weighted by molar-refractivity contribution is 0.572. The first kappa shape index (κ1) is 16.6. The minimum Gasteiger partial charge on any atom is -0.381 e. The molecule has 0 bridgehead atoms. The Hall–Kier alpha value is -0.490. The van der Waals surface area contributed by atoms with Crippen LogP contribution in [0.15, 0.2) is 15.5 Å². The zero-order valence-electron chi connectivity index (χ0n) is 12.0. The summed E-state index contributed by atoms with van der Waals surface area (Å²) in [5.41, 5.74) is 0.685. The maximum absolute atomic E-state index is 12.0. The van der Waals surface area contributed by atoms with Gasteiger partial charge in [0.05, 0.1) is 11.9 Å². The van der Waals surface area contributed by atoms with Gasteiger partial charge >= 0.3 is 0 Å². The molecule has 0 unspecified atom stereocenters. The van der Waals surface area contributed by atoms with E-state index in [1.165, 1.54) is 4.68 Å². The van der Waals surface area contributed by atoms with Crippen LogP contribution in [0.2, 0.25) is 0 Å². The van der Waals surface area contributed by atoms with E-state index in [1.54, 1.807) is 6.20 Å². The van der Waals surface area contributed by atoms with Gasteiger partial charge in [0.15, 0.2) is 0 Å². The minimum atomic E-state index is -0.0877. The van der Waals surface area contributed by atoms with Crippen LogP contribution in [0.5, 0.6) is 0 Å². The summed E-state index contributed by atoms with van der Waals surface area (Å²) in [5, 5.41) is 7.50. The molecule has 0 aliphatic rings. The molecule has 0 amide bonds. The topological polar surface area (TPSA) is 46.9 Å². The number of thioether (sulfide) groups is 1. The highest BCUT2D eigenvalue weighted by molar-refractivity contribution is 9.10. The Bertz CT molecular complexity index is 463. The lowest BCUT2D eigenvalue weighted by atomic mass is 10.0. The highest BCUT2D eigenvalue weighted by Crippen LogP contribution is 2.31. The van der Waals surface area contributed by atoms with E-state index >= 15 is 0 Å². The first-order valence-corrected chi connectivity index (χ1v) is 8.60. The lowest BCUT2D eigenvalue weighted by Gasteiger charge is -2.30. The first-order valence-electron chi connectivity index (χ1n) is 6.58. The highest BCUT2D eigenvalue weighted by atomic mass is 79.9. The highest BCUT2D eigenvalue weighted by Gasteiger charge is 2.25. The predicted molar refractivity (Wildman–Crippen MR) is 87.2 cm³/mol. The molecular weight excluding hydrogens is 326 g/mol. The second-order valence-electron chi connectivity index (χ2n) is 4.44. The van der Waals surface area contributed by atoms with Gasteiger partial charge in [-0.1, -0.05) is 13.8 Å². The number of nitrogens with zero attached hydrogens (tertiary/aromatic N) is 2. The third kappa shape index (κ3) is 3.75. The second-order valence-corrected chi connectivity index (χ2v) is 6.51. The van der Waals surface area contributed by atoms with Gasteiger partial charge in [-0.2, -0.15) is 16.9 Å². The van der Waals surface area contributed by atoms with Gasteiger partial charge < -0.3 is 5.32 Å². The van der Waals surface area contributed by atoms with Gasteiger partial charge in [-0.05, 0) is 42.0 Å². The molecule has 1 aromatic rings. The Labute approximate surface area is 127 Å². The van der Waals surface area contributed by atoms with Crippen molar-refractivity contribution in [2.75, 3.05) is 18.1 Å². The largest absolute Gasteiger partial charge is 0.381 e. The number of anilines is 1. The van der Waals surface area contributed by atoms with Crippen LogP contribution in [0.1, 0.15) is 33.6 Å². The molecule has 4 nitrogen and oxygen atoms in total. The van der Waals surface area contributed by atoms with E-state index in [0.29, 0.717) is 11.0 Å². The van der Waals surface area contributed by atoms with Crippen molar-refractivity contribution in [1.82, 2.24) is 9.78 Å². The zero-order chi connectivity index (χ0) is 14.5. The molecule has 0 saturated heterocycles. The third-order valence-corrected chi connectivity index (χ3v) is 5.96. The van der Waals surface area contributed by atoms with E-state index in [0.717, 1.165) is 25.1 Å². The van der Waals surface area contributed by atoms with E-state index in [9.17, 15) is 4.79 Å². The van der Waals surface area contributed by atoms with Gasteiger partial charge in [0.1, 0.15) is 4.47 Å². The average molecular weight is 348 g/mol. The predicted octanol–water partition coefficient (Wildman–Crippen LogP) is 3.36. The van der Waals surface area contributed by atoms with Crippen LogP contribution in [0.25, 0.3) is 0 Å². The Balaban J connectivity index is 2.90. The smallest absolute Gasteiger partial charge is 0.283 e. The van der Waals surface area contributed by atoms with Crippen molar-refractivity contribution in [2.45, 2.75) is 44.9 Å². The van der Waals surface area contributed by atoms with Crippen LogP contribution in [-0.2, 0) is 6.54 Å². The Morgan fingerprint density at radius 2 is 2.05 bits per heavy atom. The van der Waals surface area contributed by atoms with Gasteiger partial charge in [0.25, 0.3) is 5.56 Å². The molecule has 1 aromatic heterocycles. The van der Waals surface area contributed by atoms with Crippen LogP contribution in [0.4, 0.5) is 5.69 Å². The zero-order valence-corrected chi connectivity index (χ0v) is 14.4. The number of hydrogen-bond donors (Lipinski definition) is 1. The Morgan fingerprint density at radius 1 is 1.42 bits per heavy atom. The van der Waals surface area contributed by atoms with Crippen molar-refractivity contribution >= 4 is 33.4 Å². The van der Waals surface area contributed by atoms with E-state index < -0.39 is 0 Å².